The molecule has 0 fully saturated rings. The predicted octanol–water partition coefficient (Wildman–Crippen LogP) is 7.02. The van der Waals surface area contributed by atoms with Crippen molar-refractivity contribution in [1.82, 2.24) is 0 Å². The molecule has 0 bridgehead atoms. The number of nitrogens with zero attached hydrogens (tertiary/aromatic N) is 1. The molecule has 0 spiro atoms. The van der Waals surface area contributed by atoms with Gasteiger partial charge < -0.3 is 10.6 Å². The van der Waals surface area contributed by atoms with Crippen molar-refractivity contribution in [1.29, 1.82) is 0 Å². The standard InChI is InChI=1S/C26H26N2/c1-3-19-9-13-23(14-10-19)28(24-15-11-20(4-2)12-16-24)26-18-22-8-6-5-7-21(22)17-25(26)27/h5-18H,3-4,27H2,1-2H3. The molecular weight excluding hydrogens is 340 g/mol. The lowest BCUT2D eigenvalue weighted by Crippen LogP contribution is -2.12. The van der Waals surface area contributed by atoms with Gasteiger partial charge in [0.05, 0.1) is 11.4 Å². The SMILES string of the molecule is CCc1ccc(N(c2ccc(CC)cc2)c2cc3ccccc3cc2N)cc1. The summed E-state index contributed by atoms with van der Waals surface area (Å²) in [7, 11) is 0. The molecule has 4 rings (SSSR count). The molecule has 0 amide bonds. The third kappa shape index (κ3) is 3.46. The van der Waals surface area contributed by atoms with Crippen molar-refractivity contribution >= 4 is 33.5 Å². The van der Waals surface area contributed by atoms with Gasteiger partial charge in [-0.05, 0) is 71.1 Å². The molecule has 0 aliphatic rings. The van der Waals surface area contributed by atoms with Crippen LogP contribution in [0.2, 0.25) is 0 Å². The summed E-state index contributed by atoms with van der Waals surface area (Å²) in [5, 5.41) is 2.35. The second-order valence-electron chi connectivity index (χ2n) is 7.13. The van der Waals surface area contributed by atoms with Crippen LogP contribution in [0, 0.1) is 0 Å². The molecular formula is C26H26N2. The highest BCUT2D eigenvalue weighted by Gasteiger charge is 2.16. The predicted molar refractivity (Wildman–Crippen MR) is 122 cm³/mol. The molecule has 4 aromatic carbocycles. The maximum Gasteiger partial charge on any atom is 0.0697 e. The lowest BCUT2D eigenvalue weighted by atomic mass is 10.1. The highest BCUT2D eigenvalue weighted by Crippen LogP contribution is 2.40. The van der Waals surface area contributed by atoms with Gasteiger partial charge in [0.1, 0.15) is 0 Å². The first-order valence-electron chi connectivity index (χ1n) is 9.96. The number of rotatable bonds is 5. The van der Waals surface area contributed by atoms with E-state index < -0.39 is 0 Å². The number of aryl methyl sites for hydroxylation is 2. The first-order valence-corrected chi connectivity index (χ1v) is 9.96. The van der Waals surface area contributed by atoms with Crippen LogP contribution in [0.3, 0.4) is 0 Å². The molecule has 0 heterocycles. The summed E-state index contributed by atoms with van der Waals surface area (Å²) >= 11 is 0. The van der Waals surface area contributed by atoms with Crippen LogP contribution in [0.4, 0.5) is 22.7 Å². The van der Waals surface area contributed by atoms with Crippen LogP contribution in [0.5, 0.6) is 0 Å². The number of hydrogen-bond donors (Lipinski definition) is 1. The van der Waals surface area contributed by atoms with Crippen molar-refractivity contribution in [3.63, 3.8) is 0 Å². The lowest BCUT2D eigenvalue weighted by Gasteiger charge is -2.27. The Hall–Kier alpha value is -3.26. The average Bonchev–Trinajstić information content (AvgIpc) is 2.75. The van der Waals surface area contributed by atoms with Crippen LogP contribution < -0.4 is 10.6 Å². The third-order valence-corrected chi connectivity index (χ3v) is 5.34. The van der Waals surface area contributed by atoms with Crippen LogP contribution in [0.15, 0.2) is 84.9 Å². The van der Waals surface area contributed by atoms with Gasteiger partial charge in [-0.15, -0.1) is 0 Å². The van der Waals surface area contributed by atoms with E-state index >= 15 is 0 Å². The van der Waals surface area contributed by atoms with Gasteiger partial charge in [-0.25, -0.2) is 0 Å². The number of hydrogen-bond acceptors (Lipinski definition) is 2. The van der Waals surface area contributed by atoms with E-state index in [0.717, 1.165) is 41.0 Å². The van der Waals surface area contributed by atoms with Gasteiger partial charge in [-0.3, -0.25) is 0 Å². The molecule has 28 heavy (non-hydrogen) atoms. The molecule has 0 aliphatic carbocycles. The van der Waals surface area contributed by atoms with E-state index in [2.05, 4.69) is 97.6 Å². The van der Waals surface area contributed by atoms with E-state index in [9.17, 15) is 0 Å². The molecule has 0 saturated heterocycles. The summed E-state index contributed by atoms with van der Waals surface area (Å²) in [6.07, 6.45) is 2.06. The molecule has 0 atom stereocenters. The molecule has 0 radical (unpaired) electrons. The molecule has 0 aliphatic heterocycles. The van der Waals surface area contributed by atoms with Gasteiger partial charge in [-0.2, -0.15) is 0 Å². The first-order chi connectivity index (χ1) is 13.7. The topological polar surface area (TPSA) is 29.3 Å². The van der Waals surface area contributed by atoms with Crippen molar-refractivity contribution in [2.45, 2.75) is 26.7 Å². The van der Waals surface area contributed by atoms with Crippen LogP contribution in [0.1, 0.15) is 25.0 Å². The van der Waals surface area contributed by atoms with Crippen molar-refractivity contribution < 1.29 is 0 Å². The Bertz CT molecular complexity index is 1030. The lowest BCUT2D eigenvalue weighted by molar-refractivity contribution is 1.13. The smallest absolute Gasteiger partial charge is 0.0697 e. The minimum Gasteiger partial charge on any atom is -0.397 e. The summed E-state index contributed by atoms with van der Waals surface area (Å²) in [5.74, 6) is 0. The second kappa shape index (κ2) is 7.77. The quantitative estimate of drug-likeness (QED) is 0.385. The highest BCUT2D eigenvalue weighted by atomic mass is 15.1. The molecule has 0 saturated carbocycles. The van der Waals surface area contributed by atoms with Crippen LogP contribution in [0.25, 0.3) is 10.8 Å². The van der Waals surface area contributed by atoms with E-state index in [4.69, 9.17) is 5.73 Å². The van der Waals surface area contributed by atoms with E-state index in [1.54, 1.807) is 0 Å². The normalized spacial score (nSPS) is 10.9. The largest absolute Gasteiger partial charge is 0.397 e. The maximum atomic E-state index is 6.53. The Labute approximate surface area is 167 Å². The Kier molecular flexibility index (Phi) is 5.03. The average molecular weight is 367 g/mol. The zero-order chi connectivity index (χ0) is 19.5. The summed E-state index contributed by atoms with van der Waals surface area (Å²) in [4.78, 5) is 2.25. The molecule has 2 heteroatoms. The van der Waals surface area contributed by atoms with Crippen LogP contribution >= 0.6 is 0 Å². The van der Waals surface area contributed by atoms with E-state index in [-0.39, 0.29) is 0 Å². The first kappa shape index (κ1) is 18.1. The highest BCUT2D eigenvalue weighted by molar-refractivity contribution is 5.95. The van der Waals surface area contributed by atoms with Gasteiger partial charge in [-0.1, -0.05) is 62.4 Å². The molecule has 2 N–H and O–H groups in total. The molecule has 0 unspecified atom stereocenters. The zero-order valence-electron chi connectivity index (χ0n) is 16.5. The van der Waals surface area contributed by atoms with Gasteiger partial charge >= 0.3 is 0 Å². The van der Waals surface area contributed by atoms with E-state index in [0.29, 0.717) is 0 Å². The minimum atomic E-state index is 0.776. The fourth-order valence-corrected chi connectivity index (χ4v) is 3.63. The Morgan fingerprint density at radius 2 is 1.11 bits per heavy atom. The maximum absolute atomic E-state index is 6.53. The van der Waals surface area contributed by atoms with Crippen molar-refractivity contribution in [3.8, 4) is 0 Å². The molecule has 0 aromatic heterocycles. The number of fused-ring (bicyclic) bond motifs is 1. The van der Waals surface area contributed by atoms with Crippen molar-refractivity contribution in [2.75, 3.05) is 10.6 Å². The summed E-state index contributed by atoms with van der Waals surface area (Å²) in [6, 6.07) is 30.1. The second-order valence-corrected chi connectivity index (χ2v) is 7.13. The van der Waals surface area contributed by atoms with Gasteiger partial charge in [0.2, 0.25) is 0 Å². The van der Waals surface area contributed by atoms with Crippen LogP contribution in [-0.4, -0.2) is 0 Å². The van der Waals surface area contributed by atoms with Crippen molar-refractivity contribution in [2.24, 2.45) is 0 Å². The summed E-state index contributed by atoms with van der Waals surface area (Å²) < 4.78 is 0. The molecule has 4 aromatic rings. The zero-order valence-corrected chi connectivity index (χ0v) is 16.5. The van der Waals surface area contributed by atoms with E-state index in [1.165, 1.54) is 16.5 Å². The van der Waals surface area contributed by atoms with Gasteiger partial charge in [0.25, 0.3) is 0 Å². The number of benzene rings is 4. The fourth-order valence-electron chi connectivity index (χ4n) is 3.63. The molecule has 2 nitrogen and oxygen atoms in total. The van der Waals surface area contributed by atoms with Gasteiger partial charge in [0, 0.05) is 11.4 Å². The number of nitrogen functional groups attached to an aromatic ring is 1. The van der Waals surface area contributed by atoms with Crippen molar-refractivity contribution in [3.05, 3.63) is 96.1 Å². The number of anilines is 4. The summed E-state index contributed by atoms with van der Waals surface area (Å²) in [6.45, 7) is 4.36. The van der Waals surface area contributed by atoms with Crippen LogP contribution in [-0.2, 0) is 12.8 Å². The van der Waals surface area contributed by atoms with E-state index in [1.807, 2.05) is 6.07 Å². The Morgan fingerprint density at radius 1 is 0.643 bits per heavy atom. The fraction of sp³-hybridized carbons (Fsp3) is 0.154. The third-order valence-electron chi connectivity index (χ3n) is 5.34. The minimum absolute atomic E-state index is 0.776. The Morgan fingerprint density at radius 3 is 1.57 bits per heavy atom. The number of nitrogens with two attached hydrogens (primary N) is 1. The monoisotopic (exact) mass is 366 g/mol. The molecule has 140 valence electrons. The Balaban J connectivity index is 1.89. The van der Waals surface area contributed by atoms with Gasteiger partial charge in [0.15, 0.2) is 0 Å². The summed E-state index contributed by atoms with van der Waals surface area (Å²) in [5.41, 5.74) is 13.2.